The third-order valence-corrected chi connectivity index (χ3v) is 5.05. The molecule has 1 atom stereocenters. The Morgan fingerprint density at radius 1 is 1.50 bits per heavy atom. The number of halogens is 1. The smallest absolute Gasteiger partial charge is 0.217 e. The largest absolute Gasteiger partial charge is 0.370 e. The summed E-state index contributed by atoms with van der Waals surface area (Å²) < 4.78 is 13.6. The molecule has 1 aromatic rings. The number of hydrogen-bond donors (Lipinski definition) is 2. The molecule has 0 saturated carbocycles. The predicted molar refractivity (Wildman–Crippen MR) is 96.6 cm³/mol. The van der Waals surface area contributed by atoms with Gasteiger partial charge < -0.3 is 16.0 Å². The minimum absolute atomic E-state index is 0.183. The highest BCUT2D eigenvalue weighted by Gasteiger charge is 2.23. The normalized spacial score (nSPS) is 18.5. The van der Waals surface area contributed by atoms with Gasteiger partial charge in [-0.15, -0.1) is 11.8 Å². The van der Waals surface area contributed by atoms with Crippen LogP contribution in [0.15, 0.2) is 34.2 Å². The van der Waals surface area contributed by atoms with Crippen LogP contribution in [0.2, 0.25) is 0 Å². The molecule has 5 nitrogen and oxygen atoms in total. The number of nitrogens with one attached hydrogen (secondary N) is 1. The molecule has 1 aliphatic heterocycles. The molecular weight excluding hydrogens is 327 g/mol. The van der Waals surface area contributed by atoms with Crippen LogP contribution < -0.4 is 11.1 Å². The third-order valence-electron chi connectivity index (χ3n) is 4.00. The number of guanidine groups is 1. The second-order valence-electron chi connectivity index (χ2n) is 5.88. The number of carbonyl (C=O) groups is 1. The van der Waals surface area contributed by atoms with E-state index in [-0.39, 0.29) is 11.7 Å². The topological polar surface area (TPSA) is 70.7 Å². The second kappa shape index (κ2) is 9.52. The first kappa shape index (κ1) is 18.6. The molecule has 2 rings (SSSR count). The summed E-state index contributed by atoms with van der Waals surface area (Å²) in [6, 6.07) is 6.79. The number of rotatable bonds is 6. The van der Waals surface area contributed by atoms with Crippen molar-refractivity contribution in [3.8, 4) is 0 Å². The average Bonchev–Trinajstić information content (AvgIpc) is 2.56. The van der Waals surface area contributed by atoms with E-state index in [9.17, 15) is 9.18 Å². The molecule has 1 aromatic carbocycles. The predicted octanol–water partition coefficient (Wildman–Crippen LogP) is 2.08. The van der Waals surface area contributed by atoms with Crippen LogP contribution in [-0.4, -0.2) is 49.2 Å². The average molecular weight is 352 g/mol. The standard InChI is InChI=1S/C17H25FN4OS/c1-20-17(22-9-4-5-13(12-22)11-16(19)23)21-8-10-24-15-7-3-2-6-14(15)18/h2-3,6-7,13H,4-5,8-12H2,1H3,(H2,19,23)(H,20,21). The molecule has 24 heavy (non-hydrogen) atoms. The van der Waals surface area contributed by atoms with Crippen molar-refractivity contribution < 1.29 is 9.18 Å². The fourth-order valence-corrected chi connectivity index (χ4v) is 3.73. The number of thioether (sulfide) groups is 1. The van der Waals surface area contributed by atoms with Crippen LogP contribution in [0.4, 0.5) is 4.39 Å². The Hall–Kier alpha value is -1.76. The Morgan fingerprint density at radius 3 is 3.00 bits per heavy atom. The first-order chi connectivity index (χ1) is 11.6. The molecule has 1 saturated heterocycles. The number of hydrogen-bond acceptors (Lipinski definition) is 3. The van der Waals surface area contributed by atoms with E-state index in [0.717, 1.165) is 37.6 Å². The maximum absolute atomic E-state index is 13.6. The molecule has 3 N–H and O–H groups in total. The Kier molecular flexibility index (Phi) is 7.36. The highest BCUT2D eigenvalue weighted by molar-refractivity contribution is 7.99. The highest BCUT2D eigenvalue weighted by atomic mass is 32.2. The van der Waals surface area contributed by atoms with Gasteiger partial charge in [0.05, 0.1) is 0 Å². The Morgan fingerprint density at radius 2 is 2.29 bits per heavy atom. The van der Waals surface area contributed by atoms with E-state index in [4.69, 9.17) is 5.73 Å². The van der Waals surface area contributed by atoms with Gasteiger partial charge in [0.1, 0.15) is 5.82 Å². The molecule has 0 aromatic heterocycles. The number of aliphatic imine (C=N–C) groups is 1. The molecule has 1 fully saturated rings. The number of primary amides is 1. The van der Waals surface area contributed by atoms with Crippen molar-refractivity contribution in [3.05, 3.63) is 30.1 Å². The molecular formula is C17H25FN4OS. The van der Waals surface area contributed by atoms with Gasteiger partial charge in [0.15, 0.2) is 5.96 Å². The molecule has 0 aliphatic carbocycles. The minimum atomic E-state index is -0.244. The maximum Gasteiger partial charge on any atom is 0.217 e. The SMILES string of the molecule is CN=C(NCCSc1ccccc1F)N1CCCC(CC(N)=O)C1. The number of likely N-dealkylation sites (tertiary alicyclic amines) is 1. The van der Waals surface area contributed by atoms with Gasteiger partial charge in [-0.3, -0.25) is 9.79 Å². The fourth-order valence-electron chi connectivity index (χ4n) is 2.93. The van der Waals surface area contributed by atoms with Gasteiger partial charge in [-0.1, -0.05) is 12.1 Å². The first-order valence-corrected chi connectivity index (χ1v) is 9.20. The molecule has 1 unspecified atom stereocenters. The summed E-state index contributed by atoms with van der Waals surface area (Å²) in [5, 5.41) is 3.32. The van der Waals surface area contributed by atoms with E-state index in [0.29, 0.717) is 23.8 Å². The molecule has 1 amide bonds. The zero-order valence-corrected chi connectivity index (χ0v) is 14.8. The van der Waals surface area contributed by atoms with E-state index in [1.165, 1.54) is 17.8 Å². The van der Waals surface area contributed by atoms with Crippen molar-refractivity contribution in [2.24, 2.45) is 16.6 Å². The summed E-state index contributed by atoms with van der Waals surface area (Å²) in [5.41, 5.74) is 5.31. The summed E-state index contributed by atoms with van der Waals surface area (Å²) >= 11 is 1.48. The maximum atomic E-state index is 13.6. The van der Waals surface area contributed by atoms with Gasteiger partial charge in [-0.05, 0) is 30.9 Å². The Bertz CT molecular complexity index is 581. The van der Waals surface area contributed by atoms with Crippen molar-refractivity contribution in [1.29, 1.82) is 0 Å². The van der Waals surface area contributed by atoms with Crippen LogP contribution in [0.25, 0.3) is 0 Å². The van der Waals surface area contributed by atoms with Gasteiger partial charge in [0.2, 0.25) is 5.91 Å². The summed E-state index contributed by atoms with van der Waals surface area (Å²) in [5.74, 6) is 1.45. The highest BCUT2D eigenvalue weighted by Crippen LogP contribution is 2.21. The zero-order valence-electron chi connectivity index (χ0n) is 14.0. The van der Waals surface area contributed by atoms with Gasteiger partial charge in [0.25, 0.3) is 0 Å². The number of benzene rings is 1. The number of nitrogens with zero attached hydrogens (tertiary/aromatic N) is 2. The van der Waals surface area contributed by atoms with Crippen LogP contribution in [0.3, 0.4) is 0 Å². The first-order valence-electron chi connectivity index (χ1n) is 8.21. The molecule has 0 bridgehead atoms. The number of carbonyl (C=O) groups excluding carboxylic acids is 1. The van der Waals surface area contributed by atoms with Gasteiger partial charge >= 0.3 is 0 Å². The van der Waals surface area contributed by atoms with Gasteiger partial charge in [-0.2, -0.15) is 0 Å². The van der Waals surface area contributed by atoms with Crippen molar-refractivity contribution in [1.82, 2.24) is 10.2 Å². The third kappa shape index (κ3) is 5.70. The fraction of sp³-hybridized carbons (Fsp3) is 0.529. The number of piperidine rings is 1. The van der Waals surface area contributed by atoms with Crippen LogP contribution in [0.1, 0.15) is 19.3 Å². The lowest BCUT2D eigenvalue weighted by molar-refractivity contribution is -0.119. The Balaban J connectivity index is 1.77. The van der Waals surface area contributed by atoms with Crippen LogP contribution in [0.5, 0.6) is 0 Å². The summed E-state index contributed by atoms with van der Waals surface area (Å²) in [6.07, 6.45) is 2.48. The molecule has 0 radical (unpaired) electrons. The quantitative estimate of drug-likeness (QED) is 0.356. The molecule has 7 heteroatoms. The van der Waals surface area contributed by atoms with E-state index in [2.05, 4.69) is 15.2 Å². The molecule has 132 valence electrons. The number of amides is 1. The van der Waals surface area contributed by atoms with Gasteiger partial charge in [-0.25, -0.2) is 4.39 Å². The van der Waals surface area contributed by atoms with Crippen LogP contribution >= 0.6 is 11.8 Å². The van der Waals surface area contributed by atoms with E-state index >= 15 is 0 Å². The number of nitrogens with two attached hydrogens (primary N) is 1. The summed E-state index contributed by atoms with van der Waals surface area (Å²) in [4.78, 5) is 18.3. The van der Waals surface area contributed by atoms with Crippen molar-refractivity contribution >= 4 is 23.6 Å². The van der Waals surface area contributed by atoms with Crippen molar-refractivity contribution in [2.75, 3.05) is 32.4 Å². The van der Waals surface area contributed by atoms with E-state index in [1.54, 1.807) is 19.2 Å². The second-order valence-corrected chi connectivity index (χ2v) is 7.01. The van der Waals surface area contributed by atoms with Gasteiger partial charge in [0, 0.05) is 43.8 Å². The molecule has 1 heterocycles. The van der Waals surface area contributed by atoms with Crippen LogP contribution in [0, 0.1) is 11.7 Å². The molecule has 0 spiro atoms. The Labute approximate surface area is 146 Å². The zero-order chi connectivity index (χ0) is 17.4. The monoisotopic (exact) mass is 352 g/mol. The minimum Gasteiger partial charge on any atom is -0.370 e. The lowest BCUT2D eigenvalue weighted by Gasteiger charge is -2.34. The lowest BCUT2D eigenvalue weighted by Crippen LogP contribution is -2.47. The van der Waals surface area contributed by atoms with Crippen LogP contribution in [-0.2, 0) is 4.79 Å². The lowest BCUT2D eigenvalue weighted by atomic mass is 9.95. The van der Waals surface area contributed by atoms with Crippen molar-refractivity contribution in [2.45, 2.75) is 24.2 Å². The summed E-state index contributed by atoms with van der Waals surface area (Å²) in [7, 11) is 1.75. The van der Waals surface area contributed by atoms with Crippen molar-refractivity contribution in [3.63, 3.8) is 0 Å². The van der Waals surface area contributed by atoms with E-state index in [1.807, 2.05) is 6.07 Å². The van der Waals surface area contributed by atoms with E-state index < -0.39 is 0 Å². The summed E-state index contributed by atoms with van der Waals surface area (Å²) in [6.45, 7) is 2.42. The molecule has 1 aliphatic rings.